The van der Waals surface area contributed by atoms with Crippen LogP contribution >= 0.6 is 35.3 Å². The molecule has 0 spiro atoms. The highest BCUT2D eigenvalue weighted by Gasteiger charge is 2.19. The van der Waals surface area contributed by atoms with Gasteiger partial charge in [-0.15, -0.1) is 35.3 Å². The average molecular weight is 486 g/mol. The summed E-state index contributed by atoms with van der Waals surface area (Å²) in [4.78, 5) is 9.30. The van der Waals surface area contributed by atoms with Gasteiger partial charge in [0, 0.05) is 36.0 Å². The third-order valence-electron chi connectivity index (χ3n) is 4.06. The van der Waals surface area contributed by atoms with Gasteiger partial charge in [-0.2, -0.15) is 0 Å². The van der Waals surface area contributed by atoms with Gasteiger partial charge < -0.3 is 10.6 Å². The molecule has 0 aliphatic rings. The number of nitrogens with zero attached hydrogens (tertiary/aromatic N) is 2. The van der Waals surface area contributed by atoms with Crippen LogP contribution in [0.15, 0.2) is 40.7 Å². The summed E-state index contributed by atoms with van der Waals surface area (Å²) in [6.07, 6.45) is 2.07. The monoisotopic (exact) mass is 486 g/mol. The lowest BCUT2D eigenvalue weighted by molar-refractivity contribution is 0.537. The molecule has 6 heteroatoms. The van der Waals surface area contributed by atoms with E-state index < -0.39 is 0 Å². The highest BCUT2D eigenvalue weighted by molar-refractivity contribution is 14.0. The van der Waals surface area contributed by atoms with Crippen LogP contribution in [-0.2, 0) is 11.8 Å². The Morgan fingerprint density at radius 2 is 1.92 bits per heavy atom. The summed E-state index contributed by atoms with van der Waals surface area (Å²) >= 11 is 1.75. The van der Waals surface area contributed by atoms with Crippen molar-refractivity contribution in [3.05, 3.63) is 52.0 Å². The molecule has 0 aliphatic carbocycles. The fourth-order valence-corrected chi connectivity index (χ4v) is 3.38. The van der Waals surface area contributed by atoms with E-state index in [4.69, 9.17) is 4.99 Å². The van der Waals surface area contributed by atoms with Gasteiger partial charge in [-0.3, -0.25) is 4.99 Å². The van der Waals surface area contributed by atoms with Crippen LogP contribution in [-0.4, -0.2) is 30.6 Å². The summed E-state index contributed by atoms with van der Waals surface area (Å²) in [5, 5.41) is 10.1. The van der Waals surface area contributed by atoms with Crippen LogP contribution in [0.5, 0.6) is 0 Å². The number of aliphatic imine (C=N–C) groups is 1. The van der Waals surface area contributed by atoms with Gasteiger partial charge in [0.25, 0.3) is 0 Å². The molecule has 0 aliphatic heterocycles. The first-order chi connectivity index (χ1) is 12.0. The van der Waals surface area contributed by atoms with E-state index in [1.807, 2.05) is 6.92 Å². The fourth-order valence-electron chi connectivity index (χ4n) is 2.56. The molecule has 2 N–H and O–H groups in total. The normalized spacial score (nSPS) is 11.8. The van der Waals surface area contributed by atoms with Gasteiger partial charge in [0.2, 0.25) is 0 Å². The first kappa shape index (κ1) is 22.9. The number of rotatable bonds is 8. The van der Waals surface area contributed by atoms with E-state index in [1.165, 1.54) is 10.6 Å². The van der Waals surface area contributed by atoms with Crippen molar-refractivity contribution >= 4 is 41.3 Å². The summed E-state index contributed by atoms with van der Waals surface area (Å²) in [7, 11) is 0. The van der Waals surface area contributed by atoms with Crippen LogP contribution in [0.1, 0.15) is 43.5 Å². The van der Waals surface area contributed by atoms with Gasteiger partial charge in [-0.25, -0.2) is 4.98 Å². The second kappa shape index (κ2) is 11.5. The molecule has 0 fully saturated rings. The molecule has 1 aromatic carbocycles. The summed E-state index contributed by atoms with van der Waals surface area (Å²) in [5.74, 6) is 0.891. The van der Waals surface area contributed by atoms with Gasteiger partial charge in [-0.1, -0.05) is 44.2 Å². The molecule has 1 aromatic heterocycles. The number of guanidine groups is 1. The molecular formula is C20H31IN4S. The lowest BCUT2D eigenvalue weighted by atomic mass is 9.85. The van der Waals surface area contributed by atoms with Gasteiger partial charge in [0.1, 0.15) is 0 Å². The maximum Gasteiger partial charge on any atom is 0.191 e. The van der Waals surface area contributed by atoms with Crippen LogP contribution in [0.2, 0.25) is 0 Å². The molecule has 4 nitrogen and oxygen atoms in total. The van der Waals surface area contributed by atoms with Crippen molar-refractivity contribution in [1.29, 1.82) is 0 Å². The second-order valence-electron chi connectivity index (χ2n) is 6.86. The molecule has 2 rings (SSSR count). The predicted molar refractivity (Wildman–Crippen MR) is 124 cm³/mol. The molecule has 1 heterocycles. The SMILES string of the molecule is CCNC(=NCC(C)(C)c1ccccc1)NCCCc1nc(C)cs1.I. The van der Waals surface area contributed by atoms with E-state index >= 15 is 0 Å². The van der Waals surface area contributed by atoms with Gasteiger partial charge >= 0.3 is 0 Å². The average Bonchev–Trinajstić information content (AvgIpc) is 3.02. The zero-order chi connectivity index (χ0) is 18.1. The van der Waals surface area contributed by atoms with Gasteiger partial charge in [0.15, 0.2) is 5.96 Å². The Hall–Kier alpha value is -1.15. The lowest BCUT2D eigenvalue weighted by Gasteiger charge is -2.24. The summed E-state index contributed by atoms with van der Waals surface area (Å²) in [6, 6.07) is 10.6. The molecule has 144 valence electrons. The summed E-state index contributed by atoms with van der Waals surface area (Å²) in [6.45, 7) is 11.1. The molecular weight excluding hydrogens is 455 g/mol. The van der Waals surface area contributed by atoms with Crippen molar-refractivity contribution in [3.8, 4) is 0 Å². The third kappa shape index (κ3) is 7.61. The number of thiazole rings is 1. The maximum atomic E-state index is 4.79. The van der Waals surface area contributed by atoms with Crippen LogP contribution in [0.4, 0.5) is 0 Å². The number of hydrogen-bond acceptors (Lipinski definition) is 3. The second-order valence-corrected chi connectivity index (χ2v) is 7.80. The summed E-state index contributed by atoms with van der Waals surface area (Å²) in [5.41, 5.74) is 2.45. The Morgan fingerprint density at radius 1 is 1.19 bits per heavy atom. The van der Waals surface area contributed by atoms with E-state index in [1.54, 1.807) is 11.3 Å². The lowest BCUT2D eigenvalue weighted by Crippen LogP contribution is -2.39. The van der Waals surface area contributed by atoms with E-state index in [0.29, 0.717) is 0 Å². The first-order valence-electron chi connectivity index (χ1n) is 9.00. The Kier molecular flexibility index (Phi) is 10.2. The van der Waals surface area contributed by atoms with Crippen LogP contribution < -0.4 is 10.6 Å². The van der Waals surface area contributed by atoms with Crippen molar-refractivity contribution in [2.24, 2.45) is 4.99 Å². The van der Waals surface area contributed by atoms with Gasteiger partial charge in [0.05, 0.1) is 11.6 Å². The molecule has 26 heavy (non-hydrogen) atoms. The van der Waals surface area contributed by atoms with Gasteiger partial charge in [-0.05, 0) is 25.8 Å². The van der Waals surface area contributed by atoms with Crippen molar-refractivity contribution in [2.45, 2.75) is 46.0 Å². The Labute approximate surface area is 179 Å². The van der Waals surface area contributed by atoms with Crippen molar-refractivity contribution in [1.82, 2.24) is 15.6 Å². The molecule has 0 saturated heterocycles. The number of aromatic nitrogens is 1. The largest absolute Gasteiger partial charge is 0.357 e. The summed E-state index contributed by atoms with van der Waals surface area (Å²) < 4.78 is 0. The topological polar surface area (TPSA) is 49.3 Å². The quantitative estimate of drug-likeness (QED) is 0.250. The van der Waals surface area contributed by atoms with Crippen LogP contribution in [0.3, 0.4) is 0 Å². The maximum absolute atomic E-state index is 4.79. The Balaban J connectivity index is 0.00000338. The van der Waals surface area contributed by atoms with E-state index in [9.17, 15) is 0 Å². The van der Waals surface area contributed by atoms with E-state index in [-0.39, 0.29) is 29.4 Å². The van der Waals surface area contributed by atoms with E-state index in [2.05, 4.69) is 72.1 Å². The number of halogens is 1. The smallest absolute Gasteiger partial charge is 0.191 e. The minimum atomic E-state index is 0. The molecule has 0 amide bonds. The minimum Gasteiger partial charge on any atom is -0.357 e. The standard InChI is InChI=1S/C20H30N4S.HI/c1-5-21-19(22-13-9-12-18-24-16(2)14-25-18)23-15-20(3,4)17-10-7-6-8-11-17;/h6-8,10-11,14H,5,9,12-13,15H2,1-4H3,(H2,21,22,23);1H. The number of hydrogen-bond donors (Lipinski definition) is 2. The Morgan fingerprint density at radius 3 is 2.54 bits per heavy atom. The highest BCUT2D eigenvalue weighted by Crippen LogP contribution is 2.22. The minimum absolute atomic E-state index is 0. The zero-order valence-electron chi connectivity index (χ0n) is 16.2. The number of nitrogens with one attached hydrogen (secondary N) is 2. The molecule has 0 bridgehead atoms. The van der Waals surface area contributed by atoms with Crippen LogP contribution in [0, 0.1) is 6.92 Å². The molecule has 0 unspecified atom stereocenters. The number of benzene rings is 1. The highest BCUT2D eigenvalue weighted by atomic mass is 127. The van der Waals surface area contributed by atoms with Crippen LogP contribution in [0.25, 0.3) is 0 Å². The fraction of sp³-hybridized carbons (Fsp3) is 0.500. The molecule has 0 atom stereocenters. The molecule has 0 radical (unpaired) electrons. The zero-order valence-corrected chi connectivity index (χ0v) is 19.4. The Bertz CT molecular complexity index is 667. The molecule has 2 aromatic rings. The number of aryl methyl sites for hydroxylation is 2. The third-order valence-corrected chi connectivity index (χ3v) is 5.08. The molecule has 0 saturated carbocycles. The van der Waals surface area contributed by atoms with Crippen molar-refractivity contribution in [2.75, 3.05) is 19.6 Å². The van der Waals surface area contributed by atoms with Crippen molar-refractivity contribution in [3.63, 3.8) is 0 Å². The first-order valence-corrected chi connectivity index (χ1v) is 9.88. The van der Waals surface area contributed by atoms with Crippen molar-refractivity contribution < 1.29 is 0 Å². The van der Waals surface area contributed by atoms with E-state index in [0.717, 1.165) is 44.1 Å². The predicted octanol–water partition coefficient (Wildman–Crippen LogP) is 4.54.